The molecule has 2 rings (SSSR count). The van der Waals surface area contributed by atoms with Crippen LogP contribution in [0.25, 0.3) is 0 Å². The summed E-state index contributed by atoms with van der Waals surface area (Å²) < 4.78 is 44.3. The molecule has 2 aromatic rings. The van der Waals surface area contributed by atoms with Crippen LogP contribution in [0, 0.1) is 0 Å². The molecular formula is C17H17F2NO5. The minimum Gasteiger partial charge on any atom is -0.497 e. The van der Waals surface area contributed by atoms with Crippen LogP contribution in [0.1, 0.15) is 10.4 Å². The van der Waals surface area contributed by atoms with Crippen LogP contribution in [0.3, 0.4) is 0 Å². The van der Waals surface area contributed by atoms with Gasteiger partial charge in [-0.05, 0) is 18.2 Å². The smallest absolute Gasteiger partial charge is 0.387 e. The van der Waals surface area contributed by atoms with Gasteiger partial charge >= 0.3 is 6.61 Å². The molecule has 6 nitrogen and oxygen atoms in total. The van der Waals surface area contributed by atoms with E-state index >= 15 is 0 Å². The Morgan fingerprint density at radius 2 is 1.56 bits per heavy atom. The van der Waals surface area contributed by atoms with Gasteiger partial charge in [0.1, 0.15) is 11.5 Å². The molecule has 0 bridgehead atoms. The highest BCUT2D eigenvalue weighted by Crippen LogP contribution is 2.30. The summed E-state index contributed by atoms with van der Waals surface area (Å²) in [6, 6.07) is 8.80. The fourth-order valence-electron chi connectivity index (χ4n) is 2.09. The van der Waals surface area contributed by atoms with Crippen molar-refractivity contribution in [3.05, 3.63) is 42.0 Å². The van der Waals surface area contributed by atoms with Gasteiger partial charge < -0.3 is 24.3 Å². The van der Waals surface area contributed by atoms with Crippen LogP contribution >= 0.6 is 0 Å². The molecule has 1 N–H and O–H groups in total. The molecule has 0 radical (unpaired) electrons. The molecule has 1 amide bonds. The number of methoxy groups -OCH3 is 3. The number of halogens is 2. The highest BCUT2D eigenvalue weighted by atomic mass is 19.3. The monoisotopic (exact) mass is 353 g/mol. The van der Waals surface area contributed by atoms with Crippen LogP contribution < -0.4 is 24.3 Å². The molecular weight excluding hydrogens is 336 g/mol. The first-order chi connectivity index (χ1) is 12.0. The van der Waals surface area contributed by atoms with E-state index in [1.807, 2.05) is 0 Å². The van der Waals surface area contributed by atoms with Crippen molar-refractivity contribution in [1.82, 2.24) is 0 Å². The minimum absolute atomic E-state index is 0.0242. The van der Waals surface area contributed by atoms with E-state index in [2.05, 4.69) is 10.1 Å². The van der Waals surface area contributed by atoms with Gasteiger partial charge in [0.25, 0.3) is 5.91 Å². The lowest BCUT2D eigenvalue weighted by atomic mass is 10.1. The maximum Gasteiger partial charge on any atom is 0.387 e. The number of hydrogen-bond acceptors (Lipinski definition) is 5. The predicted molar refractivity (Wildman–Crippen MR) is 87.1 cm³/mol. The summed E-state index contributed by atoms with van der Waals surface area (Å²) in [6.07, 6.45) is 0. The van der Waals surface area contributed by atoms with Crippen LogP contribution in [-0.2, 0) is 0 Å². The molecule has 25 heavy (non-hydrogen) atoms. The largest absolute Gasteiger partial charge is 0.497 e. The molecule has 0 fully saturated rings. The molecule has 8 heteroatoms. The summed E-state index contributed by atoms with van der Waals surface area (Å²) in [6.45, 7) is -2.99. The number of nitrogens with one attached hydrogen (secondary N) is 1. The predicted octanol–water partition coefficient (Wildman–Crippen LogP) is 3.57. The third-order valence-electron chi connectivity index (χ3n) is 3.25. The van der Waals surface area contributed by atoms with Gasteiger partial charge in [-0.1, -0.05) is 0 Å². The average molecular weight is 353 g/mol. The molecule has 2 aromatic carbocycles. The van der Waals surface area contributed by atoms with E-state index in [-0.39, 0.29) is 17.1 Å². The second kappa shape index (κ2) is 8.18. The Balaban J connectivity index is 2.23. The van der Waals surface area contributed by atoms with Crippen LogP contribution in [0.15, 0.2) is 36.4 Å². The Hall–Kier alpha value is -3.03. The molecule has 0 aliphatic heterocycles. The van der Waals surface area contributed by atoms with E-state index in [0.717, 1.165) is 0 Å². The second-order valence-electron chi connectivity index (χ2n) is 4.80. The van der Waals surface area contributed by atoms with Crippen LogP contribution in [0.5, 0.6) is 23.0 Å². The van der Waals surface area contributed by atoms with E-state index < -0.39 is 12.5 Å². The number of rotatable bonds is 7. The molecule has 134 valence electrons. The summed E-state index contributed by atoms with van der Waals surface area (Å²) in [5, 5.41) is 2.68. The Kier molecular flexibility index (Phi) is 5.99. The van der Waals surface area contributed by atoms with Gasteiger partial charge in [-0.25, -0.2) is 0 Å². The SMILES string of the molecule is COc1cc(NC(=O)c2ccc(OC(F)F)c(OC)c2)cc(OC)c1. The maximum atomic E-state index is 12.4. The molecule has 0 aromatic heterocycles. The zero-order chi connectivity index (χ0) is 18.4. The lowest BCUT2D eigenvalue weighted by molar-refractivity contribution is -0.0512. The average Bonchev–Trinajstić information content (AvgIpc) is 2.61. The van der Waals surface area contributed by atoms with Crippen molar-refractivity contribution < 1.29 is 32.5 Å². The standard InChI is InChI=1S/C17H17F2NO5/c1-22-12-7-11(8-13(9-12)23-2)20-16(21)10-4-5-14(25-17(18)19)15(6-10)24-3/h4-9,17H,1-3H3,(H,20,21). The number of alkyl halides is 2. The van der Waals surface area contributed by atoms with Gasteiger partial charge in [0.15, 0.2) is 11.5 Å². The van der Waals surface area contributed by atoms with Gasteiger partial charge in [0.2, 0.25) is 0 Å². The molecule has 0 aliphatic rings. The van der Waals surface area contributed by atoms with Crippen molar-refractivity contribution in [2.75, 3.05) is 26.6 Å². The Morgan fingerprint density at radius 1 is 0.920 bits per heavy atom. The summed E-state index contributed by atoms with van der Waals surface area (Å²) in [5.41, 5.74) is 0.660. The summed E-state index contributed by atoms with van der Waals surface area (Å²) in [4.78, 5) is 12.4. The third kappa shape index (κ3) is 4.72. The van der Waals surface area contributed by atoms with E-state index in [1.54, 1.807) is 18.2 Å². The number of carbonyl (C=O) groups is 1. The number of amides is 1. The molecule has 0 saturated carbocycles. The maximum absolute atomic E-state index is 12.4. The van der Waals surface area contributed by atoms with E-state index in [1.165, 1.54) is 39.5 Å². The molecule has 0 saturated heterocycles. The van der Waals surface area contributed by atoms with Crippen LogP contribution in [0.2, 0.25) is 0 Å². The summed E-state index contributed by atoms with van der Waals surface area (Å²) >= 11 is 0. The normalized spacial score (nSPS) is 10.3. The first kappa shape index (κ1) is 18.3. The van der Waals surface area contributed by atoms with E-state index in [4.69, 9.17) is 14.2 Å². The molecule has 0 spiro atoms. The third-order valence-corrected chi connectivity index (χ3v) is 3.25. The number of anilines is 1. The summed E-state index contributed by atoms with van der Waals surface area (Å²) in [7, 11) is 4.28. The zero-order valence-corrected chi connectivity index (χ0v) is 13.8. The topological polar surface area (TPSA) is 66.0 Å². The molecule has 0 unspecified atom stereocenters. The lowest BCUT2D eigenvalue weighted by Gasteiger charge is -2.12. The number of benzene rings is 2. The lowest BCUT2D eigenvalue weighted by Crippen LogP contribution is -2.12. The fraction of sp³-hybridized carbons (Fsp3) is 0.235. The summed E-state index contributed by atoms with van der Waals surface area (Å²) in [5.74, 6) is 0.422. The van der Waals surface area contributed by atoms with Gasteiger partial charge in [0, 0.05) is 29.4 Å². The number of ether oxygens (including phenoxy) is 4. The van der Waals surface area contributed by atoms with Crippen molar-refractivity contribution in [3.63, 3.8) is 0 Å². The van der Waals surface area contributed by atoms with Gasteiger partial charge in [-0.3, -0.25) is 4.79 Å². The fourth-order valence-corrected chi connectivity index (χ4v) is 2.09. The highest BCUT2D eigenvalue weighted by molar-refractivity contribution is 6.04. The van der Waals surface area contributed by atoms with Crippen molar-refractivity contribution >= 4 is 11.6 Å². The van der Waals surface area contributed by atoms with Crippen molar-refractivity contribution in [3.8, 4) is 23.0 Å². The minimum atomic E-state index is -2.99. The number of hydrogen-bond donors (Lipinski definition) is 1. The van der Waals surface area contributed by atoms with Crippen molar-refractivity contribution in [2.24, 2.45) is 0 Å². The van der Waals surface area contributed by atoms with Gasteiger partial charge in [-0.2, -0.15) is 8.78 Å². The molecule has 0 atom stereocenters. The Morgan fingerprint density at radius 3 is 2.08 bits per heavy atom. The van der Waals surface area contributed by atoms with E-state index in [9.17, 15) is 13.6 Å². The molecule has 0 heterocycles. The quantitative estimate of drug-likeness (QED) is 0.824. The van der Waals surface area contributed by atoms with Gasteiger partial charge in [-0.15, -0.1) is 0 Å². The van der Waals surface area contributed by atoms with E-state index in [0.29, 0.717) is 17.2 Å². The Labute approximate surface area is 143 Å². The Bertz CT molecular complexity index is 730. The van der Waals surface area contributed by atoms with Crippen molar-refractivity contribution in [2.45, 2.75) is 6.61 Å². The molecule has 0 aliphatic carbocycles. The first-order valence-corrected chi connectivity index (χ1v) is 7.14. The number of carbonyl (C=O) groups excluding carboxylic acids is 1. The zero-order valence-electron chi connectivity index (χ0n) is 13.8. The highest BCUT2D eigenvalue weighted by Gasteiger charge is 2.15. The van der Waals surface area contributed by atoms with Crippen molar-refractivity contribution in [1.29, 1.82) is 0 Å². The first-order valence-electron chi connectivity index (χ1n) is 7.14. The van der Waals surface area contributed by atoms with Crippen LogP contribution in [0.4, 0.5) is 14.5 Å². The van der Waals surface area contributed by atoms with Gasteiger partial charge in [0.05, 0.1) is 21.3 Å². The van der Waals surface area contributed by atoms with Crippen LogP contribution in [-0.4, -0.2) is 33.8 Å². The second-order valence-corrected chi connectivity index (χ2v) is 4.80.